The first-order chi connectivity index (χ1) is 9.52. The Labute approximate surface area is 123 Å². The topological polar surface area (TPSA) is 46.2 Å². The van der Waals surface area contributed by atoms with Crippen molar-refractivity contribution in [2.75, 3.05) is 6.54 Å². The highest BCUT2D eigenvalue weighted by atomic mass is 35.5. The molecule has 0 aliphatic heterocycles. The summed E-state index contributed by atoms with van der Waals surface area (Å²) in [6, 6.07) is 12.1. The molecule has 2 aromatic rings. The Morgan fingerprint density at radius 3 is 2.30 bits per heavy atom. The van der Waals surface area contributed by atoms with Crippen LogP contribution in [0, 0.1) is 12.7 Å². The highest BCUT2D eigenvalue weighted by Gasteiger charge is 2.22. The lowest BCUT2D eigenvalue weighted by Crippen LogP contribution is -2.20. The highest BCUT2D eigenvalue weighted by molar-refractivity contribution is 6.30. The van der Waals surface area contributed by atoms with Crippen LogP contribution in [0.4, 0.5) is 4.39 Å². The maximum absolute atomic E-state index is 13.5. The van der Waals surface area contributed by atoms with Gasteiger partial charge in [0.25, 0.3) is 0 Å². The van der Waals surface area contributed by atoms with E-state index < -0.39 is 11.9 Å². The zero-order valence-electron chi connectivity index (χ0n) is 11.2. The third-order valence-electron chi connectivity index (χ3n) is 3.43. The third-order valence-corrected chi connectivity index (χ3v) is 3.73. The van der Waals surface area contributed by atoms with Gasteiger partial charge in [0.2, 0.25) is 0 Å². The summed E-state index contributed by atoms with van der Waals surface area (Å²) in [4.78, 5) is 0. The van der Waals surface area contributed by atoms with Crippen LogP contribution >= 0.6 is 11.6 Å². The lowest BCUT2D eigenvalue weighted by atomic mass is 9.89. The number of benzene rings is 2. The fourth-order valence-electron chi connectivity index (χ4n) is 2.19. The van der Waals surface area contributed by atoms with Gasteiger partial charge in [-0.2, -0.15) is 0 Å². The van der Waals surface area contributed by atoms with Gasteiger partial charge in [0, 0.05) is 12.5 Å². The van der Waals surface area contributed by atoms with E-state index >= 15 is 0 Å². The van der Waals surface area contributed by atoms with E-state index in [2.05, 4.69) is 0 Å². The van der Waals surface area contributed by atoms with Crippen molar-refractivity contribution >= 4 is 11.6 Å². The first-order valence-corrected chi connectivity index (χ1v) is 6.80. The van der Waals surface area contributed by atoms with Crippen molar-refractivity contribution in [1.82, 2.24) is 0 Å². The van der Waals surface area contributed by atoms with E-state index in [-0.39, 0.29) is 17.5 Å². The molecule has 3 N–H and O–H groups in total. The summed E-state index contributed by atoms with van der Waals surface area (Å²) in [7, 11) is 0. The van der Waals surface area contributed by atoms with Crippen LogP contribution in [0.3, 0.4) is 0 Å². The van der Waals surface area contributed by atoms with E-state index in [9.17, 15) is 9.50 Å². The van der Waals surface area contributed by atoms with Crippen molar-refractivity contribution in [2.45, 2.75) is 18.9 Å². The molecule has 2 aromatic carbocycles. The van der Waals surface area contributed by atoms with E-state index in [1.165, 1.54) is 12.1 Å². The summed E-state index contributed by atoms with van der Waals surface area (Å²) in [5.41, 5.74) is 8.31. The van der Waals surface area contributed by atoms with Gasteiger partial charge in [-0.25, -0.2) is 4.39 Å². The fraction of sp³-hybridized carbons (Fsp3) is 0.250. The van der Waals surface area contributed by atoms with Gasteiger partial charge in [0.05, 0.1) is 11.1 Å². The van der Waals surface area contributed by atoms with Crippen molar-refractivity contribution in [3.63, 3.8) is 0 Å². The van der Waals surface area contributed by atoms with Crippen LogP contribution in [-0.4, -0.2) is 11.7 Å². The highest BCUT2D eigenvalue weighted by Crippen LogP contribution is 2.31. The molecule has 20 heavy (non-hydrogen) atoms. The molecule has 0 amide bonds. The smallest absolute Gasteiger partial charge is 0.142 e. The molecule has 0 aliphatic carbocycles. The van der Waals surface area contributed by atoms with Crippen molar-refractivity contribution < 1.29 is 9.50 Å². The molecule has 0 radical (unpaired) electrons. The first-order valence-electron chi connectivity index (χ1n) is 6.42. The van der Waals surface area contributed by atoms with E-state index in [0.717, 1.165) is 11.1 Å². The number of hydrogen-bond donors (Lipinski definition) is 2. The number of halogens is 2. The standard InChI is InChI=1S/C16H17ClFNO/c1-10-2-4-11(5-3-10)13(9-19)16(20)12-6-7-14(17)15(18)8-12/h2-8,13,16,20H,9,19H2,1H3. The van der Waals surface area contributed by atoms with Crippen LogP contribution in [0.2, 0.25) is 5.02 Å². The normalized spacial score (nSPS) is 14.1. The quantitative estimate of drug-likeness (QED) is 0.905. The molecule has 0 fully saturated rings. The van der Waals surface area contributed by atoms with Crippen LogP contribution in [0.15, 0.2) is 42.5 Å². The lowest BCUT2D eigenvalue weighted by Gasteiger charge is -2.22. The minimum Gasteiger partial charge on any atom is -0.388 e. The average Bonchev–Trinajstić information content (AvgIpc) is 2.44. The monoisotopic (exact) mass is 293 g/mol. The summed E-state index contributed by atoms with van der Waals surface area (Å²) in [6.45, 7) is 2.26. The largest absolute Gasteiger partial charge is 0.388 e. The number of aliphatic hydroxyl groups excluding tert-OH is 1. The molecule has 4 heteroatoms. The van der Waals surface area contributed by atoms with E-state index in [1.54, 1.807) is 6.07 Å². The van der Waals surface area contributed by atoms with E-state index in [0.29, 0.717) is 5.56 Å². The Hall–Kier alpha value is -1.42. The predicted octanol–water partition coefficient (Wildman–Crippen LogP) is 3.56. The third kappa shape index (κ3) is 3.18. The van der Waals surface area contributed by atoms with Crippen LogP contribution in [0.5, 0.6) is 0 Å². The minimum atomic E-state index is -0.866. The molecule has 2 rings (SSSR count). The van der Waals surface area contributed by atoms with Crippen LogP contribution in [0.25, 0.3) is 0 Å². The van der Waals surface area contributed by atoms with Crippen LogP contribution < -0.4 is 5.73 Å². The molecule has 0 spiro atoms. The Morgan fingerprint density at radius 2 is 1.75 bits per heavy atom. The second kappa shape index (κ2) is 6.35. The molecule has 0 aromatic heterocycles. The first kappa shape index (κ1) is 15.0. The van der Waals surface area contributed by atoms with Crippen LogP contribution in [0.1, 0.15) is 28.7 Å². The SMILES string of the molecule is Cc1ccc(C(CN)C(O)c2ccc(Cl)c(F)c2)cc1. The second-order valence-electron chi connectivity index (χ2n) is 4.87. The van der Waals surface area contributed by atoms with Gasteiger partial charge in [0.1, 0.15) is 5.82 Å². The van der Waals surface area contributed by atoms with Gasteiger partial charge in [-0.1, -0.05) is 47.5 Å². The number of hydrogen-bond acceptors (Lipinski definition) is 2. The maximum atomic E-state index is 13.5. The summed E-state index contributed by atoms with van der Waals surface area (Å²) >= 11 is 5.65. The van der Waals surface area contributed by atoms with E-state index in [1.807, 2.05) is 31.2 Å². The van der Waals surface area contributed by atoms with Gasteiger partial charge in [-0.05, 0) is 30.2 Å². The molecule has 0 heterocycles. The molecule has 2 unspecified atom stereocenters. The second-order valence-corrected chi connectivity index (χ2v) is 5.28. The Bertz CT molecular complexity index is 586. The summed E-state index contributed by atoms with van der Waals surface area (Å²) < 4.78 is 13.5. The molecule has 0 saturated heterocycles. The maximum Gasteiger partial charge on any atom is 0.142 e. The van der Waals surface area contributed by atoms with Crippen molar-refractivity contribution in [1.29, 1.82) is 0 Å². The number of aryl methyl sites for hydroxylation is 1. The summed E-state index contributed by atoms with van der Waals surface area (Å²) in [5.74, 6) is -0.820. The van der Waals surface area contributed by atoms with Gasteiger partial charge in [-0.3, -0.25) is 0 Å². The molecular weight excluding hydrogens is 277 g/mol. The lowest BCUT2D eigenvalue weighted by molar-refractivity contribution is 0.147. The average molecular weight is 294 g/mol. The minimum absolute atomic E-state index is 0.0422. The Morgan fingerprint density at radius 1 is 1.15 bits per heavy atom. The number of nitrogens with two attached hydrogens (primary N) is 1. The Kier molecular flexibility index (Phi) is 4.76. The number of rotatable bonds is 4. The van der Waals surface area contributed by atoms with Gasteiger partial charge in [-0.15, -0.1) is 0 Å². The van der Waals surface area contributed by atoms with Crippen molar-refractivity contribution in [3.05, 3.63) is 70.0 Å². The molecule has 0 bridgehead atoms. The molecule has 106 valence electrons. The van der Waals surface area contributed by atoms with Crippen molar-refractivity contribution in [2.24, 2.45) is 5.73 Å². The number of aliphatic hydroxyl groups is 1. The van der Waals surface area contributed by atoms with Gasteiger partial charge < -0.3 is 10.8 Å². The fourth-order valence-corrected chi connectivity index (χ4v) is 2.31. The van der Waals surface area contributed by atoms with Crippen LogP contribution in [-0.2, 0) is 0 Å². The molecule has 2 nitrogen and oxygen atoms in total. The van der Waals surface area contributed by atoms with Gasteiger partial charge in [0.15, 0.2) is 0 Å². The molecular formula is C16H17ClFNO. The van der Waals surface area contributed by atoms with Crippen molar-refractivity contribution in [3.8, 4) is 0 Å². The Balaban J connectivity index is 2.30. The van der Waals surface area contributed by atoms with E-state index in [4.69, 9.17) is 17.3 Å². The molecule has 0 saturated carbocycles. The summed E-state index contributed by atoms with van der Waals surface area (Å²) in [5, 5.41) is 10.5. The zero-order chi connectivity index (χ0) is 14.7. The summed E-state index contributed by atoms with van der Waals surface area (Å²) in [6.07, 6.45) is -0.866. The van der Waals surface area contributed by atoms with Gasteiger partial charge >= 0.3 is 0 Å². The predicted molar refractivity (Wildman–Crippen MR) is 79.3 cm³/mol. The molecule has 2 atom stereocenters. The molecule has 0 aliphatic rings. The zero-order valence-corrected chi connectivity index (χ0v) is 11.9.